The monoisotopic (exact) mass is 268 g/mol. The molecule has 1 aromatic rings. The first-order valence-electron chi connectivity index (χ1n) is 5.20. The lowest BCUT2D eigenvalue weighted by molar-refractivity contribution is -0.119. The molecule has 0 fully saturated rings. The van der Waals surface area contributed by atoms with Crippen molar-refractivity contribution in [1.29, 1.82) is 0 Å². The van der Waals surface area contributed by atoms with Crippen LogP contribution in [0.3, 0.4) is 0 Å². The number of hydrogen-bond donors (Lipinski definition) is 0. The van der Waals surface area contributed by atoms with Crippen molar-refractivity contribution in [2.75, 3.05) is 5.33 Å². The largest absolute Gasteiger partial charge is 0.298 e. The standard InChI is InChI=1S/C13H17BrO/c1-9-5-4-6-10(2)12(9)7-11(3)13(15)8-14/h4-6,11H,7-8H2,1-3H3. The third-order valence-electron chi connectivity index (χ3n) is 2.84. The van der Waals surface area contributed by atoms with Crippen molar-refractivity contribution in [3.05, 3.63) is 34.9 Å². The van der Waals surface area contributed by atoms with Gasteiger partial charge in [-0.15, -0.1) is 0 Å². The molecule has 2 heteroatoms. The Kier molecular flexibility index (Phi) is 4.52. The number of rotatable bonds is 4. The summed E-state index contributed by atoms with van der Waals surface area (Å²) in [6.07, 6.45) is 0.850. The predicted octanol–water partition coefficient (Wildman–Crippen LogP) is 3.45. The lowest BCUT2D eigenvalue weighted by atomic mass is 9.92. The molecule has 0 heterocycles. The molecule has 0 radical (unpaired) electrons. The molecular weight excluding hydrogens is 252 g/mol. The maximum absolute atomic E-state index is 11.5. The second-order valence-corrected chi connectivity index (χ2v) is 4.64. The lowest BCUT2D eigenvalue weighted by Gasteiger charge is -2.13. The summed E-state index contributed by atoms with van der Waals surface area (Å²) in [5, 5.41) is 0.457. The maximum atomic E-state index is 11.5. The first-order valence-corrected chi connectivity index (χ1v) is 6.32. The molecule has 1 nitrogen and oxygen atoms in total. The van der Waals surface area contributed by atoms with E-state index in [1.165, 1.54) is 16.7 Å². The van der Waals surface area contributed by atoms with Gasteiger partial charge >= 0.3 is 0 Å². The van der Waals surface area contributed by atoms with Gasteiger partial charge in [-0.05, 0) is 37.0 Å². The fourth-order valence-corrected chi connectivity index (χ4v) is 2.28. The van der Waals surface area contributed by atoms with Crippen LogP contribution in [0.15, 0.2) is 18.2 Å². The molecule has 0 aliphatic carbocycles. The van der Waals surface area contributed by atoms with E-state index in [0.717, 1.165) is 6.42 Å². The van der Waals surface area contributed by atoms with E-state index in [4.69, 9.17) is 0 Å². The van der Waals surface area contributed by atoms with Gasteiger partial charge in [0.25, 0.3) is 0 Å². The van der Waals surface area contributed by atoms with Crippen LogP contribution in [0.25, 0.3) is 0 Å². The van der Waals surface area contributed by atoms with E-state index < -0.39 is 0 Å². The summed E-state index contributed by atoms with van der Waals surface area (Å²) < 4.78 is 0. The van der Waals surface area contributed by atoms with Crippen molar-refractivity contribution in [3.63, 3.8) is 0 Å². The molecule has 0 saturated carbocycles. The molecule has 0 aliphatic rings. The van der Waals surface area contributed by atoms with Gasteiger partial charge in [0.2, 0.25) is 0 Å². The molecule has 0 N–H and O–H groups in total. The Morgan fingerprint density at radius 1 is 1.33 bits per heavy atom. The molecule has 0 bridgehead atoms. The molecule has 0 spiro atoms. The quantitative estimate of drug-likeness (QED) is 0.765. The summed E-state index contributed by atoms with van der Waals surface area (Å²) in [6.45, 7) is 6.21. The van der Waals surface area contributed by atoms with Crippen LogP contribution in [-0.4, -0.2) is 11.1 Å². The average molecular weight is 269 g/mol. The van der Waals surface area contributed by atoms with Crippen molar-refractivity contribution in [1.82, 2.24) is 0 Å². The number of halogens is 1. The summed E-state index contributed by atoms with van der Waals surface area (Å²) in [5.74, 6) is 0.377. The van der Waals surface area contributed by atoms with Crippen molar-refractivity contribution < 1.29 is 4.79 Å². The number of hydrogen-bond acceptors (Lipinski definition) is 1. The second-order valence-electron chi connectivity index (χ2n) is 4.08. The number of aryl methyl sites for hydroxylation is 2. The summed E-state index contributed by atoms with van der Waals surface area (Å²) in [6, 6.07) is 6.27. The molecule has 82 valence electrons. The molecule has 1 aromatic carbocycles. The topological polar surface area (TPSA) is 17.1 Å². The van der Waals surface area contributed by atoms with Crippen LogP contribution in [0.1, 0.15) is 23.6 Å². The Labute approximate surface area is 100 Å². The molecule has 0 amide bonds. The van der Waals surface area contributed by atoms with Crippen LogP contribution in [0.5, 0.6) is 0 Å². The normalized spacial score (nSPS) is 12.5. The van der Waals surface area contributed by atoms with E-state index in [2.05, 4.69) is 48.0 Å². The van der Waals surface area contributed by atoms with E-state index in [9.17, 15) is 4.79 Å². The Balaban J connectivity index is 2.85. The number of carbonyl (C=O) groups excluding carboxylic acids is 1. The molecule has 15 heavy (non-hydrogen) atoms. The van der Waals surface area contributed by atoms with Gasteiger partial charge in [-0.1, -0.05) is 41.1 Å². The first-order chi connectivity index (χ1) is 7.06. The SMILES string of the molecule is Cc1cccc(C)c1CC(C)C(=O)CBr. The van der Waals surface area contributed by atoms with Crippen LogP contribution in [0.4, 0.5) is 0 Å². The van der Waals surface area contributed by atoms with Crippen LogP contribution >= 0.6 is 15.9 Å². The predicted molar refractivity (Wildman–Crippen MR) is 67.6 cm³/mol. The number of ketones is 1. The van der Waals surface area contributed by atoms with E-state index in [-0.39, 0.29) is 11.7 Å². The van der Waals surface area contributed by atoms with Crippen molar-refractivity contribution >= 4 is 21.7 Å². The zero-order valence-electron chi connectivity index (χ0n) is 9.51. The minimum absolute atomic E-state index is 0.101. The van der Waals surface area contributed by atoms with Gasteiger partial charge < -0.3 is 0 Å². The molecule has 0 aliphatic heterocycles. The first kappa shape index (κ1) is 12.4. The van der Waals surface area contributed by atoms with Gasteiger partial charge in [-0.2, -0.15) is 0 Å². The Bertz CT molecular complexity index is 337. The van der Waals surface area contributed by atoms with Crippen molar-refractivity contribution in [2.24, 2.45) is 5.92 Å². The molecule has 1 rings (SSSR count). The third kappa shape index (κ3) is 3.16. The van der Waals surface area contributed by atoms with Crippen molar-refractivity contribution in [3.8, 4) is 0 Å². The number of carbonyl (C=O) groups is 1. The highest BCUT2D eigenvalue weighted by atomic mass is 79.9. The van der Waals surface area contributed by atoms with E-state index in [0.29, 0.717) is 5.33 Å². The smallest absolute Gasteiger partial charge is 0.146 e. The van der Waals surface area contributed by atoms with Gasteiger partial charge in [0.15, 0.2) is 0 Å². The van der Waals surface area contributed by atoms with Crippen LogP contribution in [0.2, 0.25) is 0 Å². The van der Waals surface area contributed by atoms with Gasteiger partial charge in [-0.25, -0.2) is 0 Å². The highest BCUT2D eigenvalue weighted by molar-refractivity contribution is 9.09. The summed E-state index contributed by atoms with van der Waals surface area (Å²) in [5.41, 5.74) is 3.88. The molecule has 0 saturated heterocycles. The summed E-state index contributed by atoms with van der Waals surface area (Å²) >= 11 is 3.22. The molecule has 0 aromatic heterocycles. The highest BCUT2D eigenvalue weighted by Gasteiger charge is 2.14. The lowest BCUT2D eigenvalue weighted by Crippen LogP contribution is -2.15. The fraction of sp³-hybridized carbons (Fsp3) is 0.462. The zero-order chi connectivity index (χ0) is 11.4. The maximum Gasteiger partial charge on any atom is 0.146 e. The highest BCUT2D eigenvalue weighted by Crippen LogP contribution is 2.18. The van der Waals surface area contributed by atoms with Gasteiger partial charge in [0.05, 0.1) is 5.33 Å². The summed E-state index contributed by atoms with van der Waals surface area (Å²) in [4.78, 5) is 11.5. The zero-order valence-corrected chi connectivity index (χ0v) is 11.1. The Morgan fingerprint density at radius 2 is 1.87 bits per heavy atom. The Morgan fingerprint density at radius 3 is 2.33 bits per heavy atom. The van der Waals surface area contributed by atoms with E-state index in [1.807, 2.05) is 6.92 Å². The second kappa shape index (κ2) is 5.45. The van der Waals surface area contributed by atoms with Crippen molar-refractivity contribution in [2.45, 2.75) is 27.2 Å². The molecular formula is C13H17BrO. The molecule has 1 unspecified atom stereocenters. The third-order valence-corrected chi connectivity index (χ3v) is 3.39. The van der Waals surface area contributed by atoms with Gasteiger partial charge in [0.1, 0.15) is 5.78 Å². The van der Waals surface area contributed by atoms with Crippen LogP contribution in [0, 0.1) is 19.8 Å². The summed E-state index contributed by atoms with van der Waals surface area (Å²) in [7, 11) is 0. The number of benzene rings is 1. The minimum Gasteiger partial charge on any atom is -0.298 e. The number of alkyl halides is 1. The van der Waals surface area contributed by atoms with E-state index >= 15 is 0 Å². The number of Topliss-reactive ketones (excluding diaryl/α,β-unsaturated/α-hetero) is 1. The fourth-order valence-electron chi connectivity index (χ4n) is 1.72. The van der Waals surface area contributed by atoms with Crippen LogP contribution < -0.4 is 0 Å². The van der Waals surface area contributed by atoms with E-state index in [1.54, 1.807) is 0 Å². The minimum atomic E-state index is 0.101. The molecule has 1 atom stereocenters. The average Bonchev–Trinajstić information content (AvgIpc) is 2.22. The van der Waals surface area contributed by atoms with Crippen LogP contribution in [-0.2, 0) is 11.2 Å². The Hall–Kier alpha value is -0.630. The van der Waals surface area contributed by atoms with Gasteiger partial charge in [0, 0.05) is 5.92 Å². The van der Waals surface area contributed by atoms with Gasteiger partial charge in [-0.3, -0.25) is 4.79 Å².